The van der Waals surface area contributed by atoms with Gasteiger partial charge in [0.05, 0.1) is 18.0 Å². The Morgan fingerprint density at radius 3 is 2.19 bits per heavy atom. The minimum absolute atomic E-state index is 0.0316. The SMILES string of the molecule is O=C(c1ccc(C(F)(F)F)cc1)N1CCC(c2nnc(Cn3nccn3)n2-c2ccc(Cl)cc2)CC1. The molecule has 186 valence electrons. The zero-order valence-corrected chi connectivity index (χ0v) is 19.7. The van der Waals surface area contributed by atoms with Crippen molar-refractivity contribution in [3.63, 3.8) is 0 Å². The first kappa shape index (κ1) is 24.0. The third-order valence-electron chi connectivity index (χ3n) is 6.20. The van der Waals surface area contributed by atoms with Gasteiger partial charge in [0.15, 0.2) is 5.82 Å². The van der Waals surface area contributed by atoms with Gasteiger partial charge in [-0.15, -0.1) is 10.2 Å². The van der Waals surface area contributed by atoms with E-state index in [1.54, 1.807) is 29.4 Å². The number of halogens is 4. The van der Waals surface area contributed by atoms with Crippen LogP contribution in [0.2, 0.25) is 5.02 Å². The van der Waals surface area contributed by atoms with Crippen LogP contribution in [0, 0.1) is 0 Å². The van der Waals surface area contributed by atoms with Gasteiger partial charge in [0.1, 0.15) is 12.4 Å². The number of benzene rings is 2. The Balaban J connectivity index is 1.34. The molecule has 2 aromatic heterocycles. The molecule has 1 saturated heterocycles. The summed E-state index contributed by atoms with van der Waals surface area (Å²) in [6, 6.07) is 11.7. The van der Waals surface area contributed by atoms with Gasteiger partial charge in [0.2, 0.25) is 0 Å². The van der Waals surface area contributed by atoms with E-state index < -0.39 is 11.7 Å². The van der Waals surface area contributed by atoms with Crippen molar-refractivity contribution in [1.29, 1.82) is 0 Å². The highest BCUT2D eigenvalue weighted by Crippen LogP contribution is 2.32. The molecule has 0 bridgehead atoms. The Labute approximate surface area is 209 Å². The Morgan fingerprint density at radius 2 is 1.58 bits per heavy atom. The smallest absolute Gasteiger partial charge is 0.339 e. The third kappa shape index (κ3) is 4.97. The van der Waals surface area contributed by atoms with Gasteiger partial charge < -0.3 is 4.90 Å². The number of carbonyl (C=O) groups is 1. The maximum atomic E-state index is 12.9. The monoisotopic (exact) mass is 515 g/mol. The molecule has 12 heteroatoms. The van der Waals surface area contributed by atoms with E-state index in [2.05, 4.69) is 20.4 Å². The first-order valence-electron chi connectivity index (χ1n) is 11.3. The van der Waals surface area contributed by atoms with Gasteiger partial charge in [-0.25, -0.2) is 0 Å². The third-order valence-corrected chi connectivity index (χ3v) is 6.45. The Hall–Kier alpha value is -3.73. The summed E-state index contributed by atoms with van der Waals surface area (Å²) in [6.45, 7) is 1.23. The van der Waals surface area contributed by atoms with Crippen LogP contribution >= 0.6 is 11.6 Å². The van der Waals surface area contributed by atoms with Crippen LogP contribution in [0.15, 0.2) is 60.9 Å². The molecule has 8 nitrogen and oxygen atoms in total. The molecule has 36 heavy (non-hydrogen) atoms. The van der Waals surface area contributed by atoms with Gasteiger partial charge in [-0.2, -0.15) is 28.2 Å². The molecular weight excluding hydrogens is 495 g/mol. The van der Waals surface area contributed by atoms with Crippen LogP contribution in [-0.2, 0) is 12.7 Å². The second-order valence-corrected chi connectivity index (χ2v) is 8.92. The number of hydrogen-bond acceptors (Lipinski definition) is 5. The summed E-state index contributed by atoms with van der Waals surface area (Å²) < 4.78 is 40.5. The first-order chi connectivity index (χ1) is 17.3. The van der Waals surface area contributed by atoms with Gasteiger partial charge in [0.25, 0.3) is 5.91 Å². The molecule has 0 spiro atoms. The molecule has 0 radical (unpaired) electrons. The Kier molecular flexibility index (Phi) is 6.48. The largest absolute Gasteiger partial charge is 0.416 e. The topological polar surface area (TPSA) is 81.7 Å². The summed E-state index contributed by atoms with van der Waals surface area (Å²) in [5, 5.41) is 17.8. The summed E-state index contributed by atoms with van der Waals surface area (Å²) in [7, 11) is 0. The maximum absolute atomic E-state index is 12.9. The average Bonchev–Trinajstić information content (AvgIpc) is 3.54. The number of amides is 1. The summed E-state index contributed by atoms with van der Waals surface area (Å²) in [6.07, 6.45) is 0.0170. The van der Waals surface area contributed by atoms with E-state index in [0.717, 1.165) is 23.6 Å². The van der Waals surface area contributed by atoms with Crippen molar-refractivity contribution >= 4 is 17.5 Å². The number of aromatic nitrogens is 6. The molecule has 1 aliphatic heterocycles. The zero-order chi connectivity index (χ0) is 25.3. The number of carbonyl (C=O) groups excluding carboxylic acids is 1. The lowest BCUT2D eigenvalue weighted by Crippen LogP contribution is -2.38. The van der Waals surface area contributed by atoms with E-state index in [0.29, 0.717) is 43.3 Å². The fourth-order valence-corrected chi connectivity index (χ4v) is 4.47. The van der Waals surface area contributed by atoms with Crippen LogP contribution in [-0.4, -0.2) is 53.7 Å². The minimum Gasteiger partial charge on any atom is -0.339 e. The van der Waals surface area contributed by atoms with Gasteiger partial charge in [0, 0.05) is 35.3 Å². The van der Waals surface area contributed by atoms with Crippen molar-refractivity contribution in [2.24, 2.45) is 0 Å². The summed E-state index contributed by atoms with van der Waals surface area (Å²) in [4.78, 5) is 16.1. The van der Waals surface area contributed by atoms with E-state index in [1.807, 2.05) is 16.7 Å². The number of nitrogens with zero attached hydrogens (tertiary/aromatic N) is 7. The van der Waals surface area contributed by atoms with E-state index in [4.69, 9.17) is 11.6 Å². The molecule has 0 unspecified atom stereocenters. The van der Waals surface area contributed by atoms with E-state index in [1.165, 1.54) is 16.9 Å². The molecular formula is C24H21ClF3N7O. The fourth-order valence-electron chi connectivity index (χ4n) is 4.35. The molecule has 0 saturated carbocycles. The van der Waals surface area contributed by atoms with E-state index >= 15 is 0 Å². The normalized spacial score (nSPS) is 14.8. The van der Waals surface area contributed by atoms with Crippen LogP contribution in [0.4, 0.5) is 13.2 Å². The van der Waals surface area contributed by atoms with Crippen molar-refractivity contribution in [2.45, 2.75) is 31.5 Å². The van der Waals surface area contributed by atoms with Crippen molar-refractivity contribution in [2.75, 3.05) is 13.1 Å². The predicted molar refractivity (Wildman–Crippen MR) is 125 cm³/mol. The highest BCUT2D eigenvalue weighted by molar-refractivity contribution is 6.30. The number of hydrogen-bond donors (Lipinski definition) is 0. The second kappa shape index (κ2) is 9.73. The highest BCUT2D eigenvalue weighted by Gasteiger charge is 2.32. The standard InChI is InChI=1S/C24H21ClF3N7O/c25-19-5-7-20(8-6-19)35-21(15-34-29-11-12-30-34)31-32-22(35)16-9-13-33(14-10-16)23(36)17-1-3-18(4-2-17)24(26,27)28/h1-8,11-12,16H,9-10,13-15H2. The van der Waals surface area contributed by atoms with Crippen LogP contribution < -0.4 is 0 Å². The quantitative estimate of drug-likeness (QED) is 0.388. The molecule has 3 heterocycles. The van der Waals surface area contributed by atoms with Crippen molar-refractivity contribution in [1.82, 2.24) is 34.7 Å². The Bertz CT molecular complexity index is 1330. The zero-order valence-electron chi connectivity index (χ0n) is 18.9. The number of rotatable bonds is 5. The molecule has 1 amide bonds. The van der Waals surface area contributed by atoms with Crippen molar-refractivity contribution in [3.8, 4) is 5.69 Å². The molecule has 4 aromatic rings. The first-order valence-corrected chi connectivity index (χ1v) is 11.7. The van der Waals surface area contributed by atoms with Crippen LogP contribution in [0.3, 0.4) is 0 Å². The number of piperidine rings is 1. The van der Waals surface area contributed by atoms with Gasteiger partial charge in [-0.1, -0.05) is 11.6 Å². The highest BCUT2D eigenvalue weighted by atomic mass is 35.5. The van der Waals surface area contributed by atoms with Crippen molar-refractivity contribution < 1.29 is 18.0 Å². The van der Waals surface area contributed by atoms with E-state index in [9.17, 15) is 18.0 Å². The lowest BCUT2D eigenvalue weighted by atomic mass is 9.95. The maximum Gasteiger partial charge on any atom is 0.416 e. The molecule has 1 fully saturated rings. The summed E-state index contributed by atoms with van der Waals surface area (Å²) in [5.41, 5.74) is 0.310. The summed E-state index contributed by atoms with van der Waals surface area (Å²) in [5.74, 6) is 1.17. The fraction of sp³-hybridized carbons (Fsp3) is 0.292. The second-order valence-electron chi connectivity index (χ2n) is 8.49. The van der Waals surface area contributed by atoms with Crippen LogP contribution in [0.1, 0.15) is 46.3 Å². The van der Waals surface area contributed by atoms with E-state index in [-0.39, 0.29) is 17.4 Å². The molecule has 5 rings (SSSR count). The molecule has 2 aromatic carbocycles. The number of alkyl halides is 3. The Morgan fingerprint density at radius 1 is 0.944 bits per heavy atom. The van der Waals surface area contributed by atoms with Crippen molar-refractivity contribution in [3.05, 3.63) is 88.7 Å². The molecule has 0 aliphatic carbocycles. The predicted octanol–water partition coefficient (Wildman–Crippen LogP) is 4.60. The van der Waals surface area contributed by atoms with Crippen LogP contribution in [0.25, 0.3) is 5.69 Å². The van der Waals surface area contributed by atoms with Gasteiger partial charge in [-0.3, -0.25) is 9.36 Å². The molecule has 0 N–H and O–H groups in total. The summed E-state index contributed by atoms with van der Waals surface area (Å²) >= 11 is 6.09. The molecule has 0 atom stereocenters. The average molecular weight is 516 g/mol. The minimum atomic E-state index is -4.44. The molecule has 1 aliphatic rings. The lowest BCUT2D eigenvalue weighted by molar-refractivity contribution is -0.137. The lowest BCUT2D eigenvalue weighted by Gasteiger charge is -2.32. The number of likely N-dealkylation sites (tertiary alicyclic amines) is 1. The van der Waals surface area contributed by atoms with Gasteiger partial charge in [-0.05, 0) is 61.4 Å². The van der Waals surface area contributed by atoms with Crippen LogP contribution in [0.5, 0.6) is 0 Å². The van der Waals surface area contributed by atoms with Gasteiger partial charge >= 0.3 is 6.18 Å².